The van der Waals surface area contributed by atoms with Crippen LogP contribution >= 0.6 is 0 Å². The molecule has 0 saturated carbocycles. The van der Waals surface area contributed by atoms with Gasteiger partial charge in [0, 0.05) is 0 Å². The Morgan fingerprint density at radius 1 is 0.682 bits per heavy atom. The van der Waals surface area contributed by atoms with E-state index in [9.17, 15) is 14.4 Å². The smallest absolute Gasteiger partial charge is 0.338 e. The van der Waals surface area contributed by atoms with Crippen molar-refractivity contribution < 1.29 is 37.8 Å². The van der Waals surface area contributed by atoms with Gasteiger partial charge in [-0.25, -0.2) is 14.4 Å². The second-order valence-electron chi connectivity index (χ2n) is 12.2. The molecule has 3 aromatic rings. The Morgan fingerprint density at radius 3 is 1.52 bits per heavy atom. The number of benzene rings is 3. The zero-order chi connectivity index (χ0) is 31.2. The average Bonchev–Trinajstić information content (AvgIpc) is 2.99. The summed E-state index contributed by atoms with van der Waals surface area (Å²) < 4.78 is 31.0. The van der Waals surface area contributed by atoms with E-state index < -0.39 is 56.7 Å². The number of rotatable bonds is 9. The normalized spacial score (nSPS) is 21.8. The molecule has 1 heterocycles. The fourth-order valence-corrected chi connectivity index (χ4v) is 5.89. The van der Waals surface area contributed by atoms with Gasteiger partial charge in [0.2, 0.25) is 0 Å². The molecule has 0 radical (unpaired) electrons. The Balaban J connectivity index is 0.00000529. The second kappa shape index (κ2) is 14.8. The molecule has 1 aliphatic heterocycles. The van der Waals surface area contributed by atoms with Crippen LogP contribution in [-0.2, 0) is 23.4 Å². The fourth-order valence-electron chi connectivity index (χ4n) is 4.53. The van der Waals surface area contributed by atoms with E-state index in [0.29, 0.717) is 16.7 Å². The van der Waals surface area contributed by atoms with Crippen LogP contribution in [0.5, 0.6) is 0 Å². The molecule has 44 heavy (non-hydrogen) atoms. The van der Waals surface area contributed by atoms with E-state index in [1.165, 1.54) is 0 Å². The lowest BCUT2D eigenvalue weighted by Crippen LogP contribution is -2.64. The van der Waals surface area contributed by atoms with Gasteiger partial charge in [0.15, 0.2) is 20.5 Å². The molecule has 0 spiro atoms. The zero-order valence-corrected chi connectivity index (χ0v) is 26.5. The maximum Gasteiger partial charge on any atom is 0.338 e. The lowest BCUT2D eigenvalue weighted by molar-refractivity contribution is -0.220. The van der Waals surface area contributed by atoms with E-state index in [4.69, 9.17) is 23.4 Å². The van der Waals surface area contributed by atoms with Gasteiger partial charge in [-0.15, -0.1) is 0 Å². The molecule has 8 nitrogen and oxygen atoms in total. The Labute approximate surface area is 261 Å². The van der Waals surface area contributed by atoms with Gasteiger partial charge in [-0.3, -0.25) is 0 Å². The highest BCUT2D eigenvalue weighted by Gasteiger charge is 2.53. The molecule has 1 aliphatic rings. The SMILES string of the molecule is C.C[C@@H]1OC(COC(=O)c2ccccc2)[C@@H](OC(=O)c2ccccc2)C(OC(=O)c2ccccc2)C1O[Si](C)(C)C(C)(C)C. The first-order valence-electron chi connectivity index (χ1n) is 14.4. The van der Waals surface area contributed by atoms with Gasteiger partial charge in [0.05, 0.1) is 22.8 Å². The summed E-state index contributed by atoms with van der Waals surface area (Å²) in [6, 6.07) is 25.7. The predicted molar refractivity (Wildman–Crippen MR) is 171 cm³/mol. The monoisotopic (exact) mass is 620 g/mol. The van der Waals surface area contributed by atoms with Crippen molar-refractivity contribution in [3.63, 3.8) is 0 Å². The third-order valence-corrected chi connectivity index (χ3v) is 12.5. The first-order valence-corrected chi connectivity index (χ1v) is 17.4. The molecule has 9 heteroatoms. The minimum atomic E-state index is -2.44. The van der Waals surface area contributed by atoms with E-state index in [2.05, 4.69) is 33.9 Å². The Hall–Kier alpha value is -3.79. The fraction of sp³-hybridized carbons (Fsp3) is 0.400. The van der Waals surface area contributed by atoms with Crippen LogP contribution in [0.4, 0.5) is 0 Å². The van der Waals surface area contributed by atoms with Gasteiger partial charge in [-0.2, -0.15) is 0 Å². The molecule has 0 aliphatic carbocycles. The molecule has 236 valence electrons. The second-order valence-corrected chi connectivity index (χ2v) is 16.9. The van der Waals surface area contributed by atoms with E-state index in [1.807, 2.05) is 6.92 Å². The van der Waals surface area contributed by atoms with Gasteiger partial charge in [0.25, 0.3) is 0 Å². The first kappa shape index (κ1) is 34.7. The van der Waals surface area contributed by atoms with Crippen LogP contribution in [0.25, 0.3) is 0 Å². The summed E-state index contributed by atoms with van der Waals surface area (Å²) >= 11 is 0. The summed E-state index contributed by atoms with van der Waals surface area (Å²) in [5, 5.41) is -0.168. The summed E-state index contributed by atoms with van der Waals surface area (Å²) in [5.74, 6) is -1.78. The molecule has 0 amide bonds. The van der Waals surface area contributed by atoms with Crippen LogP contribution in [-0.4, -0.2) is 63.4 Å². The quantitative estimate of drug-likeness (QED) is 0.142. The Morgan fingerprint density at radius 2 is 1.09 bits per heavy atom. The molecule has 0 N–H and O–H groups in total. The number of hydrogen-bond acceptors (Lipinski definition) is 8. The van der Waals surface area contributed by atoms with Crippen molar-refractivity contribution in [2.24, 2.45) is 0 Å². The van der Waals surface area contributed by atoms with Gasteiger partial charge >= 0.3 is 17.9 Å². The molecule has 0 bridgehead atoms. The topological polar surface area (TPSA) is 97.4 Å². The largest absolute Gasteiger partial charge is 0.459 e. The molecule has 1 saturated heterocycles. The van der Waals surface area contributed by atoms with Crippen LogP contribution < -0.4 is 0 Å². The summed E-state index contributed by atoms with van der Waals surface area (Å²) in [6.07, 6.45) is -4.49. The van der Waals surface area contributed by atoms with Crippen LogP contribution in [0.15, 0.2) is 91.0 Å². The summed E-state index contributed by atoms with van der Waals surface area (Å²) in [5.41, 5.74) is 1.03. The lowest BCUT2D eigenvalue weighted by Gasteiger charge is -2.48. The van der Waals surface area contributed by atoms with Crippen molar-refractivity contribution in [2.45, 2.75) is 83.8 Å². The van der Waals surface area contributed by atoms with Crippen molar-refractivity contribution in [3.8, 4) is 0 Å². The van der Waals surface area contributed by atoms with Crippen molar-refractivity contribution in [1.82, 2.24) is 0 Å². The molecular weight excluding hydrogens is 576 g/mol. The highest BCUT2D eigenvalue weighted by Crippen LogP contribution is 2.40. The first-order chi connectivity index (χ1) is 20.4. The summed E-state index contributed by atoms with van der Waals surface area (Å²) in [4.78, 5) is 39.7. The molecule has 4 rings (SSSR count). The zero-order valence-electron chi connectivity index (χ0n) is 25.5. The predicted octanol–water partition coefficient (Wildman–Crippen LogP) is 7.11. The van der Waals surface area contributed by atoms with Crippen LogP contribution in [0.2, 0.25) is 18.1 Å². The summed E-state index contributed by atoms with van der Waals surface area (Å²) in [7, 11) is -2.44. The molecule has 3 unspecified atom stereocenters. The van der Waals surface area contributed by atoms with E-state index in [1.54, 1.807) is 91.0 Å². The van der Waals surface area contributed by atoms with Gasteiger partial charge in [0.1, 0.15) is 18.8 Å². The van der Waals surface area contributed by atoms with Crippen LogP contribution in [0.3, 0.4) is 0 Å². The van der Waals surface area contributed by atoms with Gasteiger partial charge < -0.3 is 23.4 Å². The number of ether oxygens (including phenoxy) is 4. The van der Waals surface area contributed by atoms with Crippen LogP contribution in [0.1, 0.15) is 66.2 Å². The van der Waals surface area contributed by atoms with Crippen molar-refractivity contribution in [2.75, 3.05) is 6.61 Å². The van der Waals surface area contributed by atoms with Crippen molar-refractivity contribution >= 4 is 26.2 Å². The maximum atomic E-state index is 13.5. The molecule has 3 aromatic carbocycles. The third kappa shape index (κ3) is 8.43. The van der Waals surface area contributed by atoms with E-state index in [-0.39, 0.29) is 19.1 Å². The van der Waals surface area contributed by atoms with E-state index >= 15 is 0 Å². The maximum absolute atomic E-state index is 13.5. The van der Waals surface area contributed by atoms with Crippen molar-refractivity contribution in [1.29, 1.82) is 0 Å². The number of carbonyl (C=O) groups excluding carboxylic acids is 3. The molecule has 0 aromatic heterocycles. The number of esters is 3. The Kier molecular flexibility index (Phi) is 11.7. The van der Waals surface area contributed by atoms with Gasteiger partial charge in [-0.05, 0) is 61.5 Å². The number of carbonyl (C=O) groups is 3. The standard InChI is InChI=1S/C34H40O8Si.CH4/c1-23-28(42-43(5,6)34(2,3)4)30(41-33(37)26-20-14-9-15-21-26)29(40-32(36)25-18-12-8-13-19-25)27(39-23)22-38-31(35)24-16-10-7-11-17-24;/h7-21,23,27-30H,22H2,1-6H3;1H4/t23-,27?,28?,29+,30?;/m0./s1. The highest BCUT2D eigenvalue weighted by molar-refractivity contribution is 6.74. The minimum Gasteiger partial charge on any atom is -0.459 e. The van der Waals surface area contributed by atoms with Crippen molar-refractivity contribution in [3.05, 3.63) is 108 Å². The lowest BCUT2D eigenvalue weighted by atomic mass is 9.95. The molecular formula is C35H44O8Si. The molecule has 1 fully saturated rings. The minimum absolute atomic E-state index is 0. The third-order valence-electron chi connectivity index (χ3n) is 8.00. The Bertz CT molecular complexity index is 1370. The van der Waals surface area contributed by atoms with Gasteiger partial charge in [-0.1, -0.05) is 82.8 Å². The summed E-state index contributed by atoms with van der Waals surface area (Å²) in [6.45, 7) is 12.1. The number of hydrogen-bond donors (Lipinski definition) is 0. The van der Waals surface area contributed by atoms with E-state index in [0.717, 1.165) is 0 Å². The highest BCUT2D eigenvalue weighted by atomic mass is 28.4. The van der Waals surface area contributed by atoms with Crippen LogP contribution in [0, 0.1) is 0 Å². The average molecular weight is 621 g/mol. The molecule has 5 atom stereocenters.